The maximum Gasteiger partial charge on any atom is 0.171 e. The minimum absolute atomic E-state index is 0.531. The highest BCUT2D eigenvalue weighted by molar-refractivity contribution is 7.80. The van der Waals surface area contributed by atoms with Gasteiger partial charge in [-0.3, -0.25) is 4.68 Å². The maximum atomic E-state index is 5.27. The predicted octanol–water partition coefficient (Wildman–Crippen LogP) is 1.92. The lowest BCUT2D eigenvalue weighted by molar-refractivity contribution is 0.355. The fourth-order valence-electron chi connectivity index (χ4n) is 1.83. The van der Waals surface area contributed by atoms with Crippen LogP contribution in [0.5, 0.6) is 11.5 Å². The third-order valence-corrected chi connectivity index (χ3v) is 3.24. The molecule has 0 unspecified atom stereocenters. The minimum atomic E-state index is 0.531. The molecule has 2 N–H and O–H groups in total. The Morgan fingerprint density at radius 3 is 2.62 bits per heavy atom. The first-order chi connectivity index (χ1) is 10.1. The lowest BCUT2D eigenvalue weighted by Crippen LogP contribution is -2.28. The van der Waals surface area contributed by atoms with Crippen LogP contribution < -0.4 is 20.1 Å². The summed E-state index contributed by atoms with van der Waals surface area (Å²) >= 11 is 5.27. The van der Waals surface area contributed by atoms with E-state index in [1.807, 2.05) is 31.3 Å². The fraction of sp³-hybridized carbons (Fsp3) is 0.286. The van der Waals surface area contributed by atoms with Crippen LogP contribution >= 0.6 is 12.2 Å². The van der Waals surface area contributed by atoms with Gasteiger partial charge in [-0.1, -0.05) is 0 Å². The lowest BCUT2D eigenvalue weighted by atomic mass is 10.3. The topological polar surface area (TPSA) is 60.3 Å². The van der Waals surface area contributed by atoms with Crippen molar-refractivity contribution < 1.29 is 9.47 Å². The molecule has 1 heterocycles. The number of benzene rings is 1. The normalized spacial score (nSPS) is 10.0. The van der Waals surface area contributed by atoms with Crippen LogP contribution in [0.4, 0.5) is 5.69 Å². The highest BCUT2D eigenvalue weighted by Crippen LogP contribution is 2.29. The minimum Gasteiger partial charge on any atom is -0.493 e. The number of ether oxygens (including phenoxy) is 2. The first-order valence-corrected chi connectivity index (χ1v) is 6.78. The van der Waals surface area contributed by atoms with E-state index in [0.717, 1.165) is 11.4 Å². The van der Waals surface area contributed by atoms with Gasteiger partial charge < -0.3 is 20.1 Å². The molecular formula is C14H18N4O2S. The summed E-state index contributed by atoms with van der Waals surface area (Å²) in [4.78, 5) is 0. The molecule has 112 valence electrons. The van der Waals surface area contributed by atoms with Crippen molar-refractivity contribution in [3.05, 3.63) is 36.2 Å². The highest BCUT2D eigenvalue weighted by atomic mass is 32.1. The summed E-state index contributed by atoms with van der Waals surface area (Å²) in [7, 11) is 5.09. The Labute approximate surface area is 129 Å². The molecule has 6 nitrogen and oxygen atoms in total. The van der Waals surface area contributed by atoms with Crippen LogP contribution in [0.15, 0.2) is 30.5 Å². The van der Waals surface area contributed by atoms with Crippen molar-refractivity contribution in [3.8, 4) is 11.5 Å². The highest BCUT2D eigenvalue weighted by Gasteiger charge is 2.06. The molecule has 0 fully saturated rings. The molecule has 0 saturated heterocycles. The molecule has 0 bridgehead atoms. The van der Waals surface area contributed by atoms with Crippen molar-refractivity contribution in [1.82, 2.24) is 15.1 Å². The Bertz CT molecular complexity index is 627. The largest absolute Gasteiger partial charge is 0.493 e. The van der Waals surface area contributed by atoms with E-state index < -0.39 is 0 Å². The first kappa shape index (κ1) is 15.1. The van der Waals surface area contributed by atoms with Crippen LogP contribution in [0.2, 0.25) is 0 Å². The second-order valence-corrected chi connectivity index (χ2v) is 4.73. The predicted molar refractivity (Wildman–Crippen MR) is 85.8 cm³/mol. The Balaban J connectivity index is 1.95. The summed E-state index contributed by atoms with van der Waals surface area (Å²) in [6.45, 7) is 0.607. The van der Waals surface area contributed by atoms with Crippen LogP contribution in [-0.4, -0.2) is 29.1 Å². The summed E-state index contributed by atoms with van der Waals surface area (Å²) in [6, 6.07) is 7.47. The van der Waals surface area contributed by atoms with Crippen molar-refractivity contribution >= 4 is 23.0 Å². The molecule has 0 aliphatic carbocycles. The molecule has 2 rings (SSSR count). The molecule has 0 aliphatic rings. The van der Waals surface area contributed by atoms with Gasteiger partial charge in [0.15, 0.2) is 16.6 Å². The molecule has 2 aromatic rings. The zero-order valence-corrected chi connectivity index (χ0v) is 13.0. The fourth-order valence-corrected chi connectivity index (χ4v) is 2.02. The summed E-state index contributed by atoms with van der Waals surface area (Å²) in [6.07, 6.45) is 1.75. The van der Waals surface area contributed by atoms with Crippen LogP contribution in [0.3, 0.4) is 0 Å². The van der Waals surface area contributed by atoms with E-state index in [1.54, 1.807) is 25.1 Å². The van der Waals surface area contributed by atoms with Gasteiger partial charge in [-0.25, -0.2) is 0 Å². The van der Waals surface area contributed by atoms with Crippen molar-refractivity contribution in [2.24, 2.45) is 7.05 Å². The first-order valence-electron chi connectivity index (χ1n) is 6.38. The Morgan fingerprint density at radius 1 is 1.24 bits per heavy atom. The number of aryl methyl sites for hydroxylation is 1. The van der Waals surface area contributed by atoms with E-state index in [2.05, 4.69) is 15.7 Å². The Morgan fingerprint density at radius 2 is 2.00 bits per heavy atom. The smallest absolute Gasteiger partial charge is 0.171 e. The van der Waals surface area contributed by atoms with Crippen molar-refractivity contribution in [2.75, 3.05) is 19.5 Å². The zero-order chi connectivity index (χ0) is 15.2. The number of nitrogens with one attached hydrogen (secondary N) is 2. The molecule has 1 aromatic heterocycles. The van der Waals surface area contributed by atoms with E-state index in [1.165, 1.54) is 0 Å². The second kappa shape index (κ2) is 6.94. The van der Waals surface area contributed by atoms with Crippen LogP contribution in [0.25, 0.3) is 0 Å². The van der Waals surface area contributed by atoms with Crippen LogP contribution in [0.1, 0.15) is 5.69 Å². The van der Waals surface area contributed by atoms with Gasteiger partial charge >= 0.3 is 0 Å². The SMILES string of the molecule is COc1ccc(NC(=S)NCc2ccnn2C)cc1OC. The molecule has 0 atom stereocenters. The van der Waals surface area contributed by atoms with Gasteiger partial charge in [0.05, 0.1) is 26.5 Å². The maximum absolute atomic E-state index is 5.27. The van der Waals surface area contributed by atoms with E-state index in [4.69, 9.17) is 21.7 Å². The number of thiocarbonyl (C=S) groups is 1. The van der Waals surface area contributed by atoms with Gasteiger partial charge in [0, 0.05) is 25.0 Å². The molecule has 7 heteroatoms. The molecular weight excluding hydrogens is 288 g/mol. The number of aromatic nitrogens is 2. The average molecular weight is 306 g/mol. The molecule has 21 heavy (non-hydrogen) atoms. The average Bonchev–Trinajstić information content (AvgIpc) is 2.90. The third-order valence-electron chi connectivity index (χ3n) is 2.99. The van der Waals surface area contributed by atoms with Crippen molar-refractivity contribution in [1.29, 1.82) is 0 Å². The standard InChI is InChI=1S/C14H18N4O2S/c1-18-11(6-7-16-18)9-15-14(21)17-10-4-5-12(19-2)13(8-10)20-3/h4-8H,9H2,1-3H3,(H2,15,17,21). The number of rotatable bonds is 5. The van der Waals surface area contributed by atoms with Crippen molar-refractivity contribution in [2.45, 2.75) is 6.54 Å². The summed E-state index contributed by atoms with van der Waals surface area (Å²) in [5.41, 5.74) is 1.88. The quantitative estimate of drug-likeness (QED) is 0.823. The van der Waals surface area contributed by atoms with Gasteiger partial charge in [0.1, 0.15) is 0 Å². The number of nitrogens with zero attached hydrogens (tertiary/aromatic N) is 2. The Kier molecular flexibility index (Phi) is 4.99. The van der Waals surface area contributed by atoms with Gasteiger partial charge in [0.25, 0.3) is 0 Å². The number of hydrogen-bond donors (Lipinski definition) is 2. The summed E-state index contributed by atoms with van der Waals surface area (Å²) < 4.78 is 12.2. The van der Waals surface area contributed by atoms with Gasteiger partial charge in [-0.05, 0) is 30.4 Å². The van der Waals surface area contributed by atoms with E-state index in [9.17, 15) is 0 Å². The van der Waals surface area contributed by atoms with Gasteiger partial charge in [-0.2, -0.15) is 5.10 Å². The summed E-state index contributed by atoms with van der Waals surface area (Å²) in [5.74, 6) is 1.33. The number of methoxy groups -OCH3 is 2. The monoisotopic (exact) mass is 306 g/mol. The number of anilines is 1. The molecule has 0 amide bonds. The van der Waals surface area contributed by atoms with Crippen LogP contribution in [-0.2, 0) is 13.6 Å². The molecule has 0 aliphatic heterocycles. The lowest BCUT2D eigenvalue weighted by Gasteiger charge is -2.13. The molecule has 1 aromatic carbocycles. The van der Waals surface area contributed by atoms with Gasteiger partial charge in [0.2, 0.25) is 0 Å². The Hall–Kier alpha value is -2.28. The van der Waals surface area contributed by atoms with Gasteiger partial charge in [-0.15, -0.1) is 0 Å². The third kappa shape index (κ3) is 3.85. The van der Waals surface area contributed by atoms with E-state index in [0.29, 0.717) is 23.2 Å². The zero-order valence-electron chi connectivity index (χ0n) is 12.2. The molecule has 0 saturated carbocycles. The molecule has 0 radical (unpaired) electrons. The van der Waals surface area contributed by atoms with Crippen LogP contribution in [0, 0.1) is 0 Å². The van der Waals surface area contributed by atoms with E-state index in [-0.39, 0.29) is 0 Å². The summed E-state index contributed by atoms with van der Waals surface area (Å²) in [5, 5.41) is 10.9. The van der Waals surface area contributed by atoms with E-state index >= 15 is 0 Å². The molecule has 0 spiro atoms. The second-order valence-electron chi connectivity index (χ2n) is 4.32. The number of hydrogen-bond acceptors (Lipinski definition) is 4. The van der Waals surface area contributed by atoms with Crippen molar-refractivity contribution in [3.63, 3.8) is 0 Å².